The molecule has 13 heavy (non-hydrogen) atoms. The molecule has 74 valence electrons. The summed E-state index contributed by atoms with van der Waals surface area (Å²) in [5.74, 6) is 1.25. The summed E-state index contributed by atoms with van der Waals surface area (Å²) in [6.45, 7) is 3.33. The second kappa shape index (κ2) is 4.61. The molecule has 1 fully saturated rings. The molecule has 1 saturated heterocycles. The molecule has 0 aliphatic carbocycles. The molecule has 3 heteroatoms. The first-order valence-corrected chi connectivity index (χ1v) is 5.46. The fourth-order valence-corrected chi connectivity index (χ4v) is 2.03. The van der Waals surface area contributed by atoms with Gasteiger partial charge in [-0.05, 0) is 32.2 Å². The lowest BCUT2D eigenvalue weighted by atomic mass is 10.1. The van der Waals surface area contributed by atoms with Crippen molar-refractivity contribution in [2.75, 3.05) is 19.6 Å². The summed E-state index contributed by atoms with van der Waals surface area (Å²) in [5.41, 5.74) is 0. The Morgan fingerprint density at radius 1 is 1.31 bits per heavy atom. The third kappa shape index (κ3) is 2.69. The van der Waals surface area contributed by atoms with Gasteiger partial charge >= 0.3 is 0 Å². The number of nitrogens with zero attached hydrogens (tertiary/aromatic N) is 1. The number of aliphatic imine (C=N–C) groups is 1. The quantitative estimate of drug-likeness (QED) is 0.631. The van der Waals surface area contributed by atoms with E-state index in [2.05, 4.69) is 15.6 Å². The summed E-state index contributed by atoms with van der Waals surface area (Å²) in [7, 11) is 0. The molecule has 0 amide bonds. The molecule has 2 heterocycles. The van der Waals surface area contributed by atoms with Gasteiger partial charge in [0.25, 0.3) is 0 Å². The second-order valence-corrected chi connectivity index (χ2v) is 3.97. The van der Waals surface area contributed by atoms with Crippen molar-refractivity contribution >= 4 is 5.84 Å². The number of amidine groups is 1. The molecule has 2 aliphatic heterocycles. The van der Waals surface area contributed by atoms with Crippen molar-refractivity contribution in [3.8, 4) is 0 Å². The highest BCUT2D eigenvalue weighted by Gasteiger charge is 2.14. The first-order valence-electron chi connectivity index (χ1n) is 5.46. The minimum Gasteiger partial charge on any atom is -0.370 e. The van der Waals surface area contributed by atoms with E-state index in [1.54, 1.807) is 0 Å². The molecule has 0 spiro atoms. The van der Waals surface area contributed by atoms with E-state index in [1.807, 2.05) is 0 Å². The monoisotopic (exact) mass is 181 g/mol. The van der Waals surface area contributed by atoms with E-state index >= 15 is 0 Å². The third-order valence-electron chi connectivity index (χ3n) is 2.79. The van der Waals surface area contributed by atoms with Crippen molar-refractivity contribution in [3.05, 3.63) is 0 Å². The SMILES string of the molecule is C1CCC(NC2CCCNC2)=NC1. The predicted octanol–water partition coefficient (Wildman–Crippen LogP) is 0.910. The van der Waals surface area contributed by atoms with Gasteiger partial charge in [-0.15, -0.1) is 0 Å². The predicted molar refractivity (Wildman–Crippen MR) is 55.2 cm³/mol. The van der Waals surface area contributed by atoms with Gasteiger partial charge in [0.1, 0.15) is 0 Å². The molecular weight excluding hydrogens is 162 g/mol. The van der Waals surface area contributed by atoms with Crippen LogP contribution >= 0.6 is 0 Å². The molecule has 0 saturated carbocycles. The van der Waals surface area contributed by atoms with Crippen LogP contribution in [0, 0.1) is 0 Å². The van der Waals surface area contributed by atoms with Gasteiger partial charge in [0.05, 0.1) is 5.84 Å². The summed E-state index contributed by atoms with van der Waals surface area (Å²) in [4.78, 5) is 4.50. The first kappa shape index (κ1) is 9.00. The molecule has 0 aromatic rings. The lowest BCUT2D eigenvalue weighted by Crippen LogP contribution is -2.46. The van der Waals surface area contributed by atoms with Crippen LogP contribution in [0.5, 0.6) is 0 Å². The first-order chi connectivity index (χ1) is 6.45. The Morgan fingerprint density at radius 2 is 2.31 bits per heavy atom. The van der Waals surface area contributed by atoms with Crippen molar-refractivity contribution in [2.24, 2.45) is 4.99 Å². The minimum atomic E-state index is 0.630. The molecule has 2 rings (SSSR count). The minimum absolute atomic E-state index is 0.630. The molecular formula is C10H19N3. The van der Waals surface area contributed by atoms with E-state index in [9.17, 15) is 0 Å². The zero-order valence-electron chi connectivity index (χ0n) is 8.18. The topological polar surface area (TPSA) is 36.4 Å². The van der Waals surface area contributed by atoms with Crippen LogP contribution < -0.4 is 10.6 Å². The zero-order chi connectivity index (χ0) is 8.93. The molecule has 2 aliphatic rings. The smallest absolute Gasteiger partial charge is 0.0965 e. The van der Waals surface area contributed by atoms with Crippen LogP contribution in [0.1, 0.15) is 32.1 Å². The van der Waals surface area contributed by atoms with Crippen LogP contribution in [0.4, 0.5) is 0 Å². The van der Waals surface area contributed by atoms with Gasteiger partial charge in [-0.25, -0.2) is 0 Å². The molecule has 0 bridgehead atoms. The Hall–Kier alpha value is -0.570. The molecule has 3 nitrogen and oxygen atoms in total. The van der Waals surface area contributed by atoms with E-state index in [0.29, 0.717) is 6.04 Å². The maximum atomic E-state index is 4.50. The fourth-order valence-electron chi connectivity index (χ4n) is 2.03. The highest BCUT2D eigenvalue weighted by atomic mass is 15.1. The Bertz CT molecular complexity index is 183. The van der Waals surface area contributed by atoms with E-state index in [4.69, 9.17) is 0 Å². The Balaban J connectivity index is 1.78. The van der Waals surface area contributed by atoms with Crippen molar-refractivity contribution < 1.29 is 0 Å². The van der Waals surface area contributed by atoms with Crippen LogP contribution in [0.25, 0.3) is 0 Å². The van der Waals surface area contributed by atoms with Crippen LogP contribution in [0.2, 0.25) is 0 Å². The number of hydrogen-bond acceptors (Lipinski definition) is 3. The second-order valence-electron chi connectivity index (χ2n) is 3.97. The maximum Gasteiger partial charge on any atom is 0.0965 e. The van der Waals surface area contributed by atoms with Gasteiger partial charge in [0.15, 0.2) is 0 Å². The third-order valence-corrected chi connectivity index (χ3v) is 2.79. The van der Waals surface area contributed by atoms with Crippen LogP contribution in [0.3, 0.4) is 0 Å². The van der Waals surface area contributed by atoms with Crippen molar-refractivity contribution in [1.29, 1.82) is 0 Å². The normalized spacial score (nSPS) is 29.5. The average Bonchev–Trinajstić information content (AvgIpc) is 2.21. The summed E-state index contributed by atoms with van der Waals surface area (Å²) < 4.78 is 0. The van der Waals surface area contributed by atoms with Gasteiger partial charge in [-0.1, -0.05) is 0 Å². The van der Waals surface area contributed by atoms with Crippen LogP contribution in [-0.2, 0) is 0 Å². The zero-order valence-corrected chi connectivity index (χ0v) is 8.18. The van der Waals surface area contributed by atoms with Crippen LogP contribution in [0.15, 0.2) is 4.99 Å². The van der Waals surface area contributed by atoms with Crippen molar-refractivity contribution in [1.82, 2.24) is 10.6 Å². The van der Waals surface area contributed by atoms with E-state index in [1.165, 1.54) is 38.1 Å². The molecule has 1 atom stereocenters. The summed E-state index contributed by atoms with van der Waals surface area (Å²) >= 11 is 0. The Kier molecular flexibility index (Phi) is 3.19. The summed E-state index contributed by atoms with van der Waals surface area (Å²) in [5, 5.41) is 6.95. The van der Waals surface area contributed by atoms with Gasteiger partial charge < -0.3 is 10.6 Å². The van der Waals surface area contributed by atoms with Crippen molar-refractivity contribution in [3.63, 3.8) is 0 Å². The highest BCUT2D eigenvalue weighted by Crippen LogP contribution is 2.07. The Morgan fingerprint density at radius 3 is 3.00 bits per heavy atom. The van der Waals surface area contributed by atoms with Gasteiger partial charge in [0, 0.05) is 25.6 Å². The lowest BCUT2D eigenvalue weighted by Gasteiger charge is -2.26. The van der Waals surface area contributed by atoms with Crippen LogP contribution in [-0.4, -0.2) is 31.5 Å². The van der Waals surface area contributed by atoms with Crippen molar-refractivity contribution in [2.45, 2.75) is 38.1 Å². The summed E-state index contributed by atoms with van der Waals surface area (Å²) in [6, 6.07) is 0.630. The van der Waals surface area contributed by atoms with Gasteiger partial charge in [-0.3, -0.25) is 4.99 Å². The fraction of sp³-hybridized carbons (Fsp3) is 0.900. The van der Waals surface area contributed by atoms with E-state index in [-0.39, 0.29) is 0 Å². The largest absolute Gasteiger partial charge is 0.370 e. The average molecular weight is 181 g/mol. The van der Waals surface area contributed by atoms with E-state index in [0.717, 1.165) is 19.5 Å². The standard InChI is InChI=1S/C10H19N3/c1-2-7-12-10(5-1)13-9-4-3-6-11-8-9/h9,11H,1-8H2,(H,12,13). The number of hydrogen-bond donors (Lipinski definition) is 2. The lowest BCUT2D eigenvalue weighted by molar-refractivity contribution is 0.427. The van der Waals surface area contributed by atoms with Gasteiger partial charge in [0.2, 0.25) is 0 Å². The number of rotatable bonds is 1. The number of piperidine rings is 1. The number of nitrogens with one attached hydrogen (secondary N) is 2. The highest BCUT2D eigenvalue weighted by molar-refractivity contribution is 5.82. The molecule has 0 radical (unpaired) electrons. The van der Waals surface area contributed by atoms with E-state index < -0.39 is 0 Å². The maximum absolute atomic E-state index is 4.50. The molecule has 0 aromatic carbocycles. The summed E-state index contributed by atoms with van der Waals surface area (Å²) in [6.07, 6.45) is 6.34. The van der Waals surface area contributed by atoms with Gasteiger partial charge in [-0.2, -0.15) is 0 Å². The Labute approximate surface area is 80.0 Å². The molecule has 0 aromatic heterocycles. The molecule has 1 unspecified atom stereocenters. The molecule has 2 N–H and O–H groups in total.